The molecule has 57 heavy (non-hydrogen) atoms. The number of nitrogens with zero attached hydrogens (tertiary/aromatic N) is 6. The van der Waals surface area contributed by atoms with Crippen LogP contribution in [0.5, 0.6) is 11.8 Å². The fraction of sp³-hybridized carbons (Fsp3) is 0.316. The lowest BCUT2D eigenvalue weighted by molar-refractivity contribution is -0.138. The Morgan fingerprint density at radius 2 is 1.95 bits per heavy atom. The van der Waals surface area contributed by atoms with Crippen LogP contribution in [-0.2, 0) is 6.18 Å². The van der Waals surface area contributed by atoms with E-state index in [1.165, 1.54) is 24.5 Å². The predicted molar refractivity (Wildman–Crippen MR) is 198 cm³/mol. The first kappa shape index (κ1) is 39.5. The highest BCUT2D eigenvalue weighted by atomic mass is 32.1. The molecule has 19 heteroatoms. The number of ether oxygens (including phenoxy) is 2. The van der Waals surface area contributed by atoms with E-state index in [0.29, 0.717) is 35.9 Å². The van der Waals surface area contributed by atoms with Gasteiger partial charge in [0.1, 0.15) is 57.8 Å². The molecule has 0 spiro atoms. The fourth-order valence-corrected chi connectivity index (χ4v) is 8.72. The summed E-state index contributed by atoms with van der Waals surface area (Å²) in [5.41, 5.74) is 8.61. The van der Waals surface area contributed by atoms with E-state index in [1.54, 1.807) is 6.07 Å². The highest BCUT2D eigenvalue weighted by Gasteiger charge is 2.44. The molecule has 3 aromatic heterocycles. The number of fused-ring (bicyclic) bond motifs is 2. The van der Waals surface area contributed by atoms with Crippen LogP contribution in [0.2, 0.25) is 0 Å². The standard InChI is InChI=1S/C30H21F6N7O2S.C8H11F2N/c1-3-4-17(14-9-12(31)11-40-26(14)38)43-7-8-45-24-20-23(41-29(44-2)42-28(20)43)22(33)19(21(24)30(34,35)36)13-5-6-16(32)25-18(13)15(10-37)27(39)46-25;9-8(10)6-4-7-2-1-3-11(7)5-6/h3,5-6,9,11,17H,1,4,7-8,39H2,2H3,(H2,38,40);7H,1-5H2/t17-;/m1./s1. The van der Waals surface area contributed by atoms with E-state index in [-0.39, 0.29) is 57.4 Å². The zero-order valence-corrected chi connectivity index (χ0v) is 30.8. The molecule has 3 aliphatic heterocycles. The van der Waals surface area contributed by atoms with E-state index < -0.39 is 75.1 Å². The van der Waals surface area contributed by atoms with Gasteiger partial charge in [-0.2, -0.15) is 37.2 Å². The molecule has 1 unspecified atom stereocenters. The smallest absolute Gasteiger partial charge is 0.420 e. The molecule has 0 aliphatic carbocycles. The quantitative estimate of drug-likeness (QED) is 0.126. The first-order valence-electron chi connectivity index (χ1n) is 17.5. The van der Waals surface area contributed by atoms with Gasteiger partial charge in [-0.05, 0) is 49.9 Å². The van der Waals surface area contributed by atoms with Crippen LogP contribution in [0.4, 0.5) is 51.8 Å². The Kier molecular flexibility index (Phi) is 10.6. The Morgan fingerprint density at radius 1 is 1.18 bits per heavy atom. The molecule has 10 nitrogen and oxygen atoms in total. The van der Waals surface area contributed by atoms with E-state index in [9.17, 15) is 22.8 Å². The molecule has 2 fully saturated rings. The van der Waals surface area contributed by atoms with Crippen molar-refractivity contribution in [2.45, 2.75) is 43.9 Å². The second kappa shape index (κ2) is 15.3. The molecule has 0 radical (unpaired) electrons. The number of alkyl halides is 3. The van der Waals surface area contributed by atoms with Gasteiger partial charge in [0, 0.05) is 34.7 Å². The molecule has 6 heterocycles. The number of nitriles is 1. The van der Waals surface area contributed by atoms with Crippen LogP contribution in [0.25, 0.3) is 32.1 Å². The third-order valence-electron chi connectivity index (χ3n) is 10.2. The minimum absolute atomic E-state index is 0.0583. The average Bonchev–Trinajstić information content (AvgIpc) is 3.85. The Labute approximate surface area is 323 Å². The summed E-state index contributed by atoms with van der Waals surface area (Å²) in [6.07, 6.45) is -1.30. The molecule has 298 valence electrons. The minimum Gasteiger partial charge on any atom is -0.490 e. The summed E-state index contributed by atoms with van der Waals surface area (Å²) in [5, 5.41) is 8.87. The van der Waals surface area contributed by atoms with Crippen LogP contribution >= 0.6 is 11.3 Å². The van der Waals surface area contributed by atoms with Crippen molar-refractivity contribution in [2.24, 2.45) is 0 Å². The second-order valence-corrected chi connectivity index (χ2v) is 14.5. The fourth-order valence-electron chi connectivity index (χ4n) is 7.77. The number of benzene rings is 2. The first-order valence-corrected chi connectivity index (χ1v) is 18.3. The van der Waals surface area contributed by atoms with Crippen molar-refractivity contribution in [2.75, 3.05) is 49.7 Å². The van der Waals surface area contributed by atoms with Gasteiger partial charge in [0.2, 0.25) is 0 Å². The van der Waals surface area contributed by atoms with Crippen molar-refractivity contribution >= 4 is 49.0 Å². The first-order chi connectivity index (χ1) is 27.2. The zero-order valence-electron chi connectivity index (χ0n) is 30.0. The molecule has 0 saturated carbocycles. The Hall–Kier alpha value is -5.74. The van der Waals surface area contributed by atoms with Gasteiger partial charge in [-0.3, -0.25) is 4.90 Å². The monoisotopic (exact) mass is 816 g/mol. The highest BCUT2D eigenvalue weighted by Crippen LogP contribution is 2.54. The van der Waals surface area contributed by atoms with E-state index in [1.807, 2.05) is 0 Å². The summed E-state index contributed by atoms with van der Waals surface area (Å²) in [6.45, 7) is 4.76. The number of rotatable bonds is 6. The van der Waals surface area contributed by atoms with Crippen LogP contribution in [0, 0.1) is 28.8 Å². The van der Waals surface area contributed by atoms with Crippen LogP contribution in [-0.4, -0.2) is 59.2 Å². The number of anilines is 3. The number of hydrogen-bond donors (Lipinski definition) is 2. The van der Waals surface area contributed by atoms with Crippen molar-refractivity contribution in [3.8, 4) is 29.0 Å². The zero-order chi connectivity index (χ0) is 40.9. The maximum Gasteiger partial charge on any atom is 0.420 e. The van der Waals surface area contributed by atoms with Crippen molar-refractivity contribution < 1.29 is 44.6 Å². The van der Waals surface area contributed by atoms with E-state index in [2.05, 4.69) is 26.4 Å². The third-order valence-corrected chi connectivity index (χ3v) is 11.2. The number of aromatic nitrogens is 3. The Bertz CT molecular complexity index is 2480. The third kappa shape index (κ3) is 7.01. The number of methoxy groups -OCH3 is 1. The number of halogens is 8. The van der Waals surface area contributed by atoms with Crippen LogP contribution < -0.4 is 25.8 Å². The number of nitrogens with two attached hydrogens (primary N) is 2. The molecule has 0 bridgehead atoms. The lowest BCUT2D eigenvalue weighted by Crippen LogP contribution is -2.33. The van der Waals surface area contributed by atoms with Gasteiger partial charge in [0.05, 0.1) is 41.5 Å². The molecular weight excluding hydrogens is 785 g/mol. The average molecular weight is 817 g/mol. The van der Waals surface area contributed by atoms with Gasteiger partial charge in [-0.15, -0.1) is 17.9 Å². The summed E-state index contributed by atoms with van der Waals surface area (Å²) in [6, 6.07) is 3.86. The lowest BCUT2D eigenvalue weighted by Gasteiger charge is -2.32. The molecular formula is C38H32F8N8O2S. The van der Waals surface area contributed by atoms with Crippen molar-refractivity contribution in [1.29, 1.82) is 5.26 Å². The predicted octanol–water partition coefficient (Wildman–Crippen LogP) is 8.91. The summed E-state index contributed by atoms with van der Waals surface area (Å²) in [4.78, 5) is 15.9. The normalized spacial score (nSPS) is 17.1. The lowest BCUT2D eigenvalue weighted by atomic mass is 9.91. The number of nitrogen functional groups attached to an aromatic ring is 2. The van der Waals surface area contributed by atoms with Crippen molar-refractivity contribution in [3.05, 3.63) is 82.8 Å². The Morgan fingerprint density at radius 3 is 2.61 bits per heavy atom. The maximum atomic E-state index is 16.9. The van der Waals surface area contributed by atoms with Gasteiger partial charge in [-0.25, -0.2) is 18.2 Å². The topological polar surface area (TPSA) is 139 Å². The molecule has 0 amide bonds. The van der Waals surface area contributed by atoms with E-state index in [0.717, 1.165) is 37.4 Å². The van der Waals surface area contributed by atoms with Crippen LogP contribution in [0.15, 0.2) is 48.7 Å². The summed E-state index contributed by atoms with van der Waals surface area (Å²) < 4.78 is 127. The number of hydrogen-bond acceptors (Lipinski definition) is 11. The highest BCUT2D eigenvalue weighted by molar-refractivity contribution is 7.23. The Balaban J connectivity index is 0.000000386. The van der Waals surface area contributed by atoms with Gasteiger partial charge in [-0.1, -0.05) is 12.1 Å². The van der Waals surface area contributed by atoms with Gasteiger partial charge in [0.15, 0.2) is 5.82 Å². The number of thiophene rings is 1. The second-order valence-electron chi connectivity index (χ2n) is 13.4. The maximum absolute atomic E-state index is 16.9. The summed E-state index contributed by atoms with van der Waals surface area (Å²) >= 11 is 0.646. The number of pyridine rings is 1. The van der Waals surface area contributed by atoms with E-state index >= 15 is 17.6 Å². The van der Waals surface area contributed by atoms with Gasteiger partial charge >= 0.3 is 12.2 Å². The largest absolute Gasteiger partial charge is 0.490 e. The minimum atomic E-state index is -5.25. The van der Waals surface area contributed by atoms with E-state index in [4.69, 9.17) is 20.9 Å². The molecule has 4 N–H and O–H groups in total. The van der Waals surface area contributed by atoms with Crippen molar-refractivity contribution in [1.82, 2.24) is 19.9 Å². The van der Waals surface area contributed by atoms with Crippen molar-refractivity contribution in [3.63, 3.8) is 0 Å². The molecule has 2 saturated heterocycles. The SMILES string of the molecule is C=CC[C@H](c1cc(F)cnc1N)N1CCOc2c(C(F)(F)F)c(-c3ccc(F)c4sc(N)c(C#N)c34)c(F)c3nc(OC)nc1c23.FC(F)=C1CC2CCCN2C1. The molecule has 2 atom stereocenters. The molecule has 5 aromatic rings. The van der Waals surface area contributed by atoms with Gasteiger partial charge in [0.25, 0.3) is 6.08 Å². The summed E-state index contributed by atoms with van der Waals surface area (Å²) in [5.74, 6) is -4.13. The van der Waals surface area contributed by atoms with Gasteiger partial charge < -0.3 is 25.8 Å². The molecule has 2 aromatic carbocycles. The summed E-state index contributed by atoms with van der Waals surface area (Å²) in [7, 11) is 1.18. The van der Waals surface area contributed by atoms with Crippen LogP contribution in [0.3, 0.4) is 0 Å². The van der Waals surface area contributed by atoms with Crippen LogP contribution in [0.1, 0.15) is 48.4 Å². The molecule has 3 aliphatic rings. The molecule has 8 rings (SSSR count).